The second-order valence-corrected chi connectivity index (χ2v) is 4.31. The Bertz CT molecular complexity index is 576. The van der Waals surface area contributed by atoms with E-state index in [1.807, 2.05) is 0 Å². The molecule has 0 aliphatic carbocycles. The summed E-state index contributed by atoms with van der Waals surface area (Å²) in [4.78, 5) is 34.9. The number of hydrogen-bond acceptors (Lipinski definition) is 4. The fourth-order valence-corrected chi connectivity index (χ4v) is 1.98. The van der Waals surface area contributed by atoms with E-state index in [0.29, 0.717) is 0 Å². The standard InChI is InChI=1S/C12H12FN3O4/c13-8-1-2-10(16(19)20)9(7-8)12(18)15-5-3-11(17)14-4-6-15/h1-2,7H,3-6H2,(H,14,17). The molecule has 0 spiro atoms. The highest BCUT2D eigenvalue weighted by Crippen LogP contribution is 2.21. The SMILES string of the molecule is O=C1CCN(C(=O)c2cc(F)ccc2[N+](=O)[O-])CCN1. The number of nitro groups is 1. The molecule has 0 unspecified atom stereocenters. The lowest BCUT2D eigenvalue weighted by molar-refractivity contribution is -0.385. The third kappa shape index (κ3) is 2.90. The summed E-state index contributed by atoms with van der Waals surface area (Å²) in [5, 5.41) is 13.5. The summed E-state index contributed by atoms with van der Waals surface area (Å²) in [6, 6.07) is 2.74. The minimum atomic E-state index is -0.728. The summed E-state index contributed by atoms with van der Waals surface area (Å²) in [6.07, 6.45) is 0.120. The molecule has 0 aromatic heterocycles. The molecule has 1 aliphatic rings. The minimum Gasteiger partial charge on any atom is -0.354 e. The normalized spacial score (nSPS) is 15.4. The van der Waals surface area contributed by atoms with Crippen molar-refractivity contribution >= 4 is 17.5 Å². The minimum absolute atomic E-state index is 0.120. The molecule has 1 N–H and O–H groups in total. The summed E-state index contributed by atoms with van der Waals surface area (Å²) >= 11 is 0. The summed E-state index contributed by atoms with van der Waals surface area (Å²) in [7, 11) is 0. The Hall–Kier alpha value is -2.51. The maximum Gasteiger partial charge on any atom is 0.282 e. The van der Waals surface area contributed by atoms with Crippen LogP contribution in [0.15, 0.2) is 18.2 Å². The van der Waals surface area contributed by atoms with Gasteiger partial charge in [-0.1, -0.05) is 0 Å². The molecule has 1 fully saturated rings. The first-order chi connectivity index (χ1) is 9.49. The molecule has 1 aromatic carbocycles. The van der Waals surface area contributed by atoms with Crippen LogP contribution in [-0.2, 0) is 4.79 Å². The average molecular weight is 281 g/mol. The second kappa shape index (κ2) is 5.64. The van der Waals surface area contributed by atoms with Crippen molar-refractivity contribution in [3.05, 3.63) is 39.7 Å². The first-order valence-corrected chi connectivity index (χ1v) is 5.99. The van der Waals surface area contributed by atoms with Crippen LogP contribution in [-0.4, -0.2) is 41.3 Å². The third-order valence-corrected chi connectivity index (χ3v) is 2.99. The van der Waals surface area contributed by atoms with Gasteiger partial charge in [0.15, 0.2) is 0 Å². The molecular formula is C12H12FN3O4. The van der Waals surface area contributed by atoms with E-state index in [9.17, 15) is 24.1 Å². The van der Waals surface area contributed by atoms with Crippen molar-refractivity contribution in [1.29, 1.82) is 0 Å². The zero-order chi connectivity index (χ0) is 14.7. The summed E-state index contributed by atoms with van der Waals surface area (Å²) in [5.74, 6) is -1.55. The van der Waals surface area contributed by atoms with E-state index in [4.69, 9.17) is 0 Å². The molecule has 2 amide bonds. The number of carbonyl (C=O) groups excluding carboxylic acids is 2. The predicted octanol–water partition coefficient (Wildman–Crippen LogP) is 0.696. The molecule has 8 heteroatoms. The highest BCUT2D eigenvalue weighted by molar-refractivity contribution is 5.98. The smallest absolute Gasteiger partial charge is 0.282 e. The molecule has 1 aliphatic heterocycles. The van der Waals surface area contributed by atoms with Crippen LogP contribution in [0.2, 0.25) is 0 Å². The van der Waals surface area contributed by atoms with Gasteiger partial charge in [0.05, 0.1) is 4.92 Å². The van der Waals surface area contributed by atoms with Crippen LogP contribution >= 0.6 is 0 Å². The molecule has 106 valence electrons. The molecular weight excluding hydrogens is 269 g/mol. The maximum atomic E-state index is 13.2. The van der Waals surface area contributed by atoms with Crippen molar-refractivity contribution < 1.29 is 18.9 Å². The van der Waals surface area contributed by atoms with Crippen LogP contribution in [0.4, 0.5) is 10.1 Å². The fourth-order valence-electron chi connectivity index (χ4n) is 1.98. The molecule has 20 heavy (non-hydrogen) atoms. The molecule has 0 atom stereocenters. The first kappa shape index (κ1) is 13.9. The number of nitro benzene ring substituents is 1. The van der Waals surface area contributed by atoms with Crippen molar-refractivity contribution in [2.45, 2.75) is 6.42 Å². The number of nitrogens with one attached hydrogen (secondary N) is 1. The number of benzene rings is 1. The Morgan fingerprint density at radius 2 is 2.15 bits per heavy atom. The van der Waals surface area contributed by atoms with E-state index in [0.717, 1.165) is 18.2 Å². The average Bonchev–Trinajstić information content (AvgIpc) is 2.62. The number of rotatable bonds is 2. The summed E-state index contributed by atoms with van der Waals surface area (Å²) in [6.45, 7) is 0.657. The zero-order valence-electron chi connectivity index (χ0n) is 10.5. The van der Waals surface area contributed by atoms with Crippen molar-refractivity contribution in [3.63, 3.8) is 0 Å². The van der Waals surface area contributed by atoms with Crippen LogP contribution in [0.1, 0.15) is 16.8 Å². The van der Waals surface area contributed by atoms with Crippen molar-refractivity contribution in [1.82, 2.24) is 10.2 Å². The Kier molecular flexibility index (Phi) is 3.92. The Morgan fingerprint density at radius 1 is 1.40 bits per heavy atom. The van der Waals surface area contributed by atoms with E-state index in [2.05, 4.69) is 5.32 Å². The van der Waals surface area contributed by atoms with E-state index >= 15 is 0 Å². The number of nitrogens with zero attached hydrogens (tertiary/aromatic N) is 2. The van der Waals surface area contributed by atoms with Gasteiger partial charge in [-0.05, 0) is 12.1 Å². The van der Waals surface area contributed by atoms with Gasteiger partial charge in [-0.25, -0.2) is 4.39 Å². The van der Waals surface area contributed by atoms with Gasteiger partial charge in [-0.3, -0.25) is 19.7 Å². The lowest BCUT2D eigenvalue weighted by Gasteiger charge is -2.19. The van der Waals surface area contributed by atoms with Gasteiger partial charge in [0.2, 0.25) is 5.91 Å². The molecule has 0 bridgehead atoms. The van der Waals surface area contributed by atoms with Crippen LogP contribution < -0.4 is 5.32 Å². The van der Waals surface area contributed by atoms with Crippen molar-refractivity contribution in [2.75, 3.05) is 19.6 Å². The molecule has 7 nitrogen and oxygen atoms in total. The van der Waals surface area contributed by atoms with Gasteiger partial charge < -0.3 is 10.2 Å². The zero-order valence-corrected chi connectivity index (χ0v) is 10.5. The largest absolute Gasteiger partial charge is 0.354 e. The fraction of sp³-hybridized carbons (Fsp3) is 0.333. The van der Waals surface area contributed by atoms with E-state index in [1.54, 1.807) is 0 Å². The van der Waals surface area contributed by atoms with Crippen molar-refractivity contribution in [2.24, 2.45) is 0 Å². The van der Waals surface area contributed by atoms with E-state index < -0.39 is 22.3 Å². The lowest BCUT2D eigenvalue weighted by Crippen LogP contribution is -2.34. The predicted molar refractivity (Wildman–Crippen MR) is 66.6 cm³/mol. The van der Waals surface area contributed by atoms with Crippen molar-refractivity contribution in [3.8, 4) is 0 Å². The summed E-state index contributed by atoms with van der Waals surface area (Å²) in [5.41, 5.74) is -0.746. The van der Waals surface area contributed by atoms with Crippen LogP contribution in [0.5, 0.6) is 0 Å². The number of amides is 2. The van der Waals surface area contributed by atoms with Crippen LogP contribution in [0.25, 0.3) is 0 Å². The van der Waals surface area contributed by atoms with E-state index in [1.165, 1.54) is 4.90 Å². The molecule has 1 aromatic rings. The quantitative estimate of drug-likeness (QED) is 0.637. The Balaban J connectivity index is 2.30. The summed E-state index contributed by atoms with van der Waals surface area (Å²) < 4.78 is 13.2. The second-order valence-electron chi connectivity index (χ2n) is 4.31. The maximum absolute atomic E-state index is 13.2. The molecule has 1 saturated heterocycles. The Morgan fingerprint density at radius 3 is 2.85 bits per heavy atom. The lowest BCUT2D eigenvalue weighted by atomic mass is 10.1. The molecule has 2 rings (SSSR count). The monoisotopic (exact) mass is 281 g/mol. The Labute approximate surface area is 113 Å². The van der Waals surface area contributed by atoms with Gasteiger partial charge in [0.25, 0.3) is 11.6 Å². The topological polar surface area (TPSA) is 92.5 Å². The van der Waals surface area contributed by atoms with Gasteiger partial charge in [-0.15, -0.1) is 0 Å². The molecule has 1 heterocycles. The van der Waals surface area contributed by atoms with Crippen LogP contribution in [0, 0.1) is 15.9 Å². The highest BCUT2D eigenvalue weighted by Gasteiger charge is 2.26. The third-order valence-electron chi connectivity index (χ3n) is 2.99. The number of hydrogen-bond donors (Lipinski definition) is 1. The van der Waals surface area contributed by atoms with Crippen LogP contribution in [0.3, 0.4) is 0 Å². The number of halogens is 1. The van der Waals surface area contributed by atoms with Gasteiger partial charge in [-0.2, -0.15) is 0 Å². The van der Waals surface area contributed by atoms with Gasteiger partial charge in [0.1, 0.15) is 11.4 Å². The highest BCUT2D eigenvalue weighted by atomic mass is 19.1. The van der Waals surface area contributed by atoms with Gasteiger partial charge in [0, 0.05) is 32.1 Å². The molecule has 0 saturated carbocycles. The van der Waals surface area contributed by atoms with E-state index in [-0.39, 0.29) is 37.5 Å². The number of carbonyl (C=O) groups is 2. The first-order valence-electron chi connectivity index (χ1n) is 5.99. The molecule has 0 radical (unpaired) electrons. The van der Waals surface area contributed by atoms with Gasteiger partial charge >= 0.3 is 0 Å².